The van der Waals surface area contributed by atoms with E-state index < -0.39 is 0 Å². The monoisotopic (exact) mass is 263 g/mol. The summed E-state index contributed by atoms with van der Waals surface area (Å²) in [5.74, 6) is 1.04. The van der Waals surface area contributed by atoms with E-state index in [1.165, 1.54) is 6.20 Å². The smallest absolute Gasteiger partial charge is 0.188 e. The van der Waals surface area contributed by atoms with Crippen molar-refractivity contribution in [3.8, 4) is 11.5 Å². The number of hydrogen-bond acceptors (Lipinski definition) is 4. The molecule has 0 bridgehead atoms. The summed E-state index contributed by atoms with van der Waals surface area (Å²) >= 11 is 5.85. The SMILES string of the molecule is N/C(=N/O)c1cc(Oc2cccc(Cl)c2)ccn1. The van der Waals surface area contributed by atoms with Crippen LogP contribution in [0.25, 0.3) is 0 Å². The predicted octanol–water partition coefficient (Wildman–Crippen LogP) is 2.62. The standard InChI is InChI=1S/C12H10ClN3O2/c13-8-2-1-3-9(6-8)18-10-4-5-15-11(7-10)12(14)16-17/h1-7,17H,(H2,14,16). The zero-order valence-electron chi connectivity index (χ0n) is 9.25. The molecule has 0 saturated carbocycles. The third kappa shape index (κ3) is 2.89. The largest absolute Gasteiger partial charge is 0.457 e. The summed E-state index contributed by atoms with van der Waals surface area (Å²) in [6.07, 6.45) is 1.51. The molecule has 5 nitrogen and oxygen atoms in total. The molecule has 3 N–H and O–H groups in total. The van der Waals surface area contributed by atoms with E-state index in [1.54, 1.807) is 36.4 Å². The Hall–Kier alpha value is -2.27. The molecule has 0 amide bonds. The molecule has 2 aromatic rings. The number of rotatable bonds is 3. The van der Waals surface area contributed by atoms with Crippen LogP contribution in [-0.2, 0) is 0 Å². The van der Waals surface area contributed by atoms with Gasteiger partial charge in [0.2, 0.25) is 0 Å². The molecule has 0 aliphatic rings. The molecule has 1 aromatic carbocycles. The van der Waals surface area contributed by atoms with Crippen molar-refractivity contribution < 1.29 is 9.94 Å². The molecular weight excluding hydrogens is 254 g/mol. The van der Waals surface area contributed by atoms with Crippen molar-refractivity contribution in [2.24, 2.45) is 10.9 Å². The van der Waals surface area contributed by atoms with Gasteiger partial charge in [0.05, 0.1) is 0 Å². The van der Waals surface area contributed by atoms with Crippen LogP contribution in [-0.4, -0.2) is 16.0 Å². The Morgan fingerprint density at radius 3 is 2.78 bits per heavy atom. The molecule has 0 unspecified atom stereocenters. The number of halogens is 1. The van der Waals surface area contributed by atoms with E-state index in [1.807, 2.05) is 0 Å². The fourth-order valence-corrected chi connectivity index (χ4v) is 1.51. The first kappa shape index (κ1) is 12.2. The van der Waals surface area contributed by atoms with E-state index >= 15 is 0 Å². The summed E-state index contributed by atoms with van der Waals surface area (Å²) in [5, 5.41) is 12.0. The van der Waals surface area contributed by atoms with E-state index in [0.29, 0.717) is 22.2 Å². The Morgan fingerprint density at radius 1 is 1.28 bits per heavy atom. The van der Waals surface area contributed by atoms with Gasteiger partial charge in [0.15, 0.2) is 5.84 Å². The van der Waals surface area contributed by atoms with Crippen molar-refractivity contribution in [1.82, 2.24) is 4.98 Å². The van der Waals surface area contributed by atoms with Gasteiger partial charge in [0.1, 0.15) is 17.2 Å². The van der Waals surface area contributed by atoms with E-state index in [0.717, 1.165) is 0 Å². The Kier molecular flexibility index (Phi) is 3.64. The highest BCUT2D eigenvalue weighted by Gasteiger charge is 2.04. The third-order valence-corrected chi connectivity index (χ3v) is 2.37. The Morgan fingerprint density at radius 2 is 2.06 bits per heavy atom. The number of oxime groups is 1. The van der Waals surface area contributed by atoms with Crippen molar-refractivity contribution in [2.75, 3.05) is 0 Å². The van der Waals surface area contributed by atoms with Crippen LogP contribution in [0.15, 0.2) is 47.8 Å². The molecule has 0 spiro atoms. The summed E-state index contributed by atoms with van der Waals surface area (Å²) in [4.78, 5) is 3.95. The lowest BCUT2D eigenvalue weighted by atomic mass is 10.3. The highest BCUT2D eigenvalue weighted by atomic mass is 35.5. The molecule has 1 aromatic heterocycles. The number of pyridine rings is 1. The zero-order chi connectivity index (χ0) is 13.0. The second-order valence-electron chi connectivity index (χ2n) is 3.42. The lowest BCUT2D eigenvalue weighted by molar-refractivity contribution is 0.318. The average Bonchev–Trinajstić information content (AvgIpc) is 2.38. The highest BCUT2D eigenvalue weighted by molar-refractivity contribution is 6.30. The Bertz CT molecular complexity index is 587. The number of benzene rings is 1. The van der Waals surface area contributed by atoms with Crippen LogP contribution in [0.4, 0.5) is 0 Å². The topological polar surface area (TPSA) is 80.7 Å². The third-order valence-electron chi connectivity index (χ3n) is 2.13. The van der Waals surface area contributed by atoms with Gasteiger partial charge in [-0.3, -0.25) is 4.98 Å². The zero-order valence-corrected chi connectivity index (χ0v) is 10.0. The number of aromatic nitrogens is 1. The van der Waals surface area contributed by atoms with Gasteiger partial charge in [-0.1, -0.05) is 22.8 Å². The van der Waals surface area contributed by atoms with Gasteiger partial charge in [-0.2, -0.15) is 0 Å². The molecule has 6 heteroatoms. The van der Waals surface area contributed by atoms with E-state index in [9.17, 15) is 0 Å². The molecule has 2 rings (SSSR count). The van der Waals surface area contributed by atoms with Crippen molar-refractivity contribution in [1.29, 1.82) is 0 Å². The minimum Gasteiger partial charge on any atom is -0.457 e. The maximum atomic E-state index is 8.57. The Labute approximate surface area is 108 Å². The van der Waals surface area contributed by atoms with Gasteiger partial charge in [-0.15, -0.1) is 0 Å². The Balaban J connectivity index is 2.24. The quantitative estimate of drug-likeness (QED) is 0.386. The van der Waals surface area contributed by atoms with Crippen molar-refractivity contribution >= 4 is 17.4 Å². The molecular formula is C12H10ClN3O2. The fourth-order valence-electron chi connectivity index (χ4n) is 1.33. The van der Waals surface area contributed by atoms with Crippen LogP contribution >= 0.6 is 11.6 Å². The van der Waals surface area contributed by atoms with Crippen molar-refractivity contribution in [3.05, 3.63) is 53.3 Å². The highest BCUT2D eigenvalue weighted by Crippen LogP contribution is 2.24. The van der Waals surface area contributed by atoms with Gasteiger partial charge in [0, 0.05) is 17.3 Å². The molecule has 0 fully saturated rings. The van der Waals surface area contributed by atoms with Crippen molar-refractivity contribution in [3.63, 3.8) is 0 Å². The molecule has 0 radical (unpaired) electrons. The maximum Gasteiger partial charge on any atom is 0.188 e. The number of hydrogen-bond donors (Lipinski definition) is 2. The molecule has 0 atom stereocenters. The molecule has 0 saturated heterocycles. The lowest BCUT2D eigenvalue weighted by Gasteiger charge is -2.06. The lowest BCUT2D eigenvalue weighted by Crippen LogP contribution is -2.14. The van der Waals surface area contributed by atoms with Crippen LogP contribution in [0.3, 0.4) is 0 Å². The van der Waals surface area contributed by atoms with E-state index in [4.69, 9.17) is 27.3 Å². The predicted molar refractivity (Wildman–Crippen MR) is 68.3 cm³/mol. The molecule has 92 valence electrons. The first-order valence-electron chi connectivity index (χ1n) is 5.06. The van der Waals surface area contributed by atoms with Gasteiger partial charge < -0.3 is 15.7 Å². The minimum atomic E-state index is -0.0773. The van der Waals surface area contributed by atoms with E-state index in [-0.39, 0.29) is 5.84 Å². The summed E-state index contributed by atoms with van der Waals surface area (Å²) < 4.78 is 5.58. The first-order valence-corrected chi connectivity index (χ1v) is 5.44. The van der Waals surface area contributed by atoms with Crippen LogP contribution in [0.5, 0.6) is 11.5 Å². The molecule has 0 aliphatic heterocycles. The number of amidine groups is 1. The van der Waals surface area contributed by atoms with Crippen LogP contribution in [0.1, 0.15) is 5.69 Å². The van der Waals surface area contributed by atoms with Crippen LogP contribution in [0, 0.1) is 0 Å². The number of ether oxygens (including phenoxy) is 1. The van der Waals surface area contributed by atoms with Crippen molar-refractivity contribution in [2.45, 2.75) is 0 Å². The average molecular weight is 264 g/mol. The number of nitrogens with zero attached hydrogens (tertiary/aromatic N) is 2. The van der Waals surface area contributed by atoms with Gasteiger partial charge in [0.25, 0.3) is 0 Å². The summed E-state index contributed by atoms with van der Waals surface area (Å²) in [6, 6.07) is 10.2. The maximum absolute atomic E-state index is 8.57. The molecule has 0 aliphatic carbocycles. The second kappa shape index (κ2) is 5.37. The first-order chi connectivity index (χ1) is 8.69. The fraction of sp³-hybridized carbons (Fsp3) is 0. The summed E-state index contributed by atoms with van der Waals surface area (Å²) in [7, 11) is 0. The normalized spacial score (nSPS) is 11.3. The van der Waals surface area contributed by atoms with Gasteiger partial charge in [-0.05, 0) is 24.3 Å². The van der Waals surface area contributed by atoms with E-state index in [2.05, 4.69) is 10.1 Å². The van der Waals surface area contributed by atoms with Crippen LogP contribution < -0.4 is 10.5 Å². The minimum absolute atomic E-state index is 0.0773. The van der Waals surface area contributed by atoms with Gasteiger partial charge >= 0.3 is 0 Å². The summed E-state index contributed by atoms with van der Waals surface area (Å²) in [6.45, 7) is 0. The molecule has 18 heavy (non-hydrogen) atoms. The number of nitrogens with two attached hydrogens (primary N) is 1. The summed E-state index contributed by atoms with van der Waals surface area (Å²) in [5.41, 5.74) is 5.77. The van der Waals surface area contributed by atoms with Crippen LogP contribution in [0.2, 0.25) is 5.02 Å². The van der Waals surface area contributed by atoms with Gasteiger partial charge in [-0.25, -0.2) is 0 Å². The molecule has 1 heterocycles. The second-order valence-corrected chi connectivity index (χ2v) is 3.86.